The van der Waals surface area contributed by atoms with Crippen molar-refractivity contribution in [3.63, 3.8) is 0 Å². The number of nitrogens with zero attached hydrogens (tertiary/aromatic N) is 5. The number of hydrogen-bond donors (Lipinski definition) is 1. The van der Waals surface area contributed by atoms with Gasteiger partial charge in [-0.1, -0.05) is 6.58 Å². The fourth-order valence-electron chi connectivity index (χ4n) is 3.79. The second-order valence-electron chi connectivity index (χ2n) is 8.09. The van der Waals surface area contributed by atoms with Crippen molar-refractivity contribution in [2.24, 2.45) is 0 Å². The molecule has 5 rings (SSSR count). The van der Waals surface area contributed by atoms with Gasteiger partial charge in [-0.15, -0.1) is 0 Å². The molecule has 2 fully saturated rings. The minimum absolute atomic E-state index is 0.303. The third-order valence-electron chi connectivity index (χ3n) is 5.63. The molecular weight excluding hydrogens is 411 g/mol. The van der Waals surface area contributed by atoms with E-state index in [4.69, 9.17) is 19.4 Å². The zero-order valence-electron chi connectivity index (χ0n) is 17.9. The van der Waals surface area contributed by atoms with Gasteiger partial charge in [-0.25, -0.2) is 19.3 Å². The Hall–Kier alpha value is -3.14. The third-order valence-corrected chi connectivity index (χ3v) is 5.63. The van der Waals surface area contributed by atoms with Crippen LogP contribution < -0.4 is 4.90 Å². The summed E-state index contributed by atoms with van der Waals surface area (Å²) in [5.74, 6) is 0.910. The molecule has 4 heterocycles. The Morgan fingerprint density at radius 1 is 1.03 bits per heavy atom. The lowest BCUT2D eigenvalue weighted by Crippen LogP contribution is -2.45. The lowest BCUT2D eigenvalue weighted by atomic mass is 10.1. The molecule has 2 aromatic heterocycles. The number of imidazole rings is 1. The van der Waals surface area contributed by atoms with Crippen molar-refractivity contribution < 1.29 is 13.9 Å². The standard InChI is InChI=1S/C23H25FN6O2/c1-15-13-31-22(32-14-15)21-27-19(16-3-5-17(24)6-4-16)20(28-21)18-7-8-25-23(26-18)30-11-9-29(2)10-12-30/h3-8,22H,1,9-14H2,2H3,(H,27,28). The zero-order valence-corrected chi connectivity index (χ0v) is 17.9. The van der Waals surface area contributed by atoms with E-state index in [2.05, 4.69) is 33.4 Å². The summed E-state index contributed by atoms with van der Waals surface area (Å²) in [5.41, 5.74) is 3.70. The molecule has 0 unspecified atom stereocenters. The van der Waals surface area contributed by atoms with Crippen molar-refractivity contribution >= 4 is 5.95 Å². The van der Waals surface area contributed by atoms with Crippen molar-refractivity contribution in [1.82, 2.24) is 24.8 Å². The fraction of sp³-hybridized carbons (Fsp3) is 0.348. The minimum atomic E-state index is -0.632. The summed E-state index contributed by atoms with van der Waals surface area (Å²) in [6, 6.07) is 8.08. The zero-order chi connectivity index (χ0) is 22.1. The average molecular weight is 436 g/mol. The molecule has 8 nitrogen and oxygen atoms in total. The molecule has 166 valence electrons. The highest BCUT2D eigenvalue weighted by Gasteiger charge is 2.26. The van der Waals surface area contributed by atoms with Gasteiger partial charge in [-0.05, 0) is 43.0 Å². The summed E-state index contributed by atoms with van der Waals surface area (Å²) in [4.78, 5) is 21.9. The molecule has 3 aromatic rings. The van der Waals surface area contributed by atoms with Gasteiger partial charge in [0.1, 0.15) is 5.82 Å². The van der Waals surface area contributed by atoms with Gasteiger partial charge in [0.2, 0.25) is 12.2 Å². The Bertz CT molecular complexity index is 1100. The van der Waals surface area contributed by atoms with Crippen LogP contribution >= 0.6 is 0 Å². The number of aromatic nitrogens is 4. The largest absolute Gasteiger partial charge is 0.341 e. The van der Waals surface area contributed by atoms with Crippen LogP contribution in [0.3, 0.4) is 0 Å². The smallest absolute Gasteiger partial charge is 0.225 e. The number of likely N-dealkylation sites (N-methyl/N-ethyl adjacent to an activating group) is 1. The SMILES string of the molecule is C=C1COC(c2nc(-c3ccc(F)cc3)c(-c3ccnc(N4CCN(C)CC4)n3)[nH]2)OC1. The maximum Gasteiger partial charge on any atom is 0.225 e. The summed E-state index contributed by atoms with van der Waals surface area (Å²) in [5, 5.41) is 0. The Morgan fingerprint density at radius 2 is 1.75 bits per heavy atom. The molecule has 2 saturated heterocycles. The average Bonchev–Trinajstić information content (AvgIpc) is 3.26. The van der Waals surface area contributed by atoms with E-state index in [0.717, 1.165) is 37.3 Å². The summed E-state index contributed by atoms with van der Waals surface area (Å²) in [6.07, 6.45) is 1.12. The maximum atomic E-state index is 13.5. The number of anilines is 1. The van der Waals surface area contributed by atoms with Gasteiger partial charge in [0.25, 0.3) is 0 Å². The molecule has 0 amide bonds. The molecule has 1 N–H and O–H groups in total. The Morgan fingerprint density at radius 3 is 2.47 bits per heavy atom. The Balaban J connectivity index is 1.52. The summed E-state index contributed by atoms with van der Waals surface area (Å²) < 4.78 is 25.0. The molecule has 0 spiro atoms. The first-order valence-electron chi connectivity index (χ1n) is 10.6. The molecule has 2 aliphatic heterocycles. The van der Waals surface area contributed by atoms with E-state index in [9.17, 15) is 4.39 Å². The van der Waals surface area contributed by atoms with Crippen LogP contribution in [0.25, 0.3) is 22.6 Å². The second kappa shape index (κ2) is 8.78. The fourth-order valence-corrected chi connectivity index (χ4v) is 3.79. The topological polar surface area (TPSA) is 79.4 Å². The van der Waals surface area contributed by atoms with Gasteiger partial charge in [0.05, 0.1) is 30.3 Å². The Kier molecular flexibility index (Phi) is 5.69. The minimum Gasteiger partial charge on any atom is -0.341 e. The normalized spacial score (nSPS) is 18.3. The molecule has 9 heteroatoms. The van der Waals surface area contributed by atoms with Crippen molar-refractivity contribution in [3.8, 4) is 22.6 Å². The highest BCUT2D eigenvalue weighted by Crippen LogP contribution is 2.33. The highest BCUT2D eigenvalue weighted by molar-refractivity contribution is 5.77. The quantitative estimate of drug-likeness (QED) is 0.630. The van der Waals surface area contributed by atoms with Gasteiger partial charge in [-0.3, -0.25) is 0 Å². The summed E-state index contributed by atoms with van der Waals surface area (Å²) in [7, 11) is 2.11. The molecule has 1 aromatic carbocycles. The van der Waals surface area contributed by atoms with Gasteiger partial charge in [-0.2, -0.15) is 0 Å². The lowest BCUT2D eigenvalue weighted by Gasteiger charge is -2.32. The number of benzene rings is 1. The summed E-state index contributed by atoms with van der Waals surface area (Å²) in [6.45, 7) is 8.37. The van der Waals surface area contributed by atoms with E-state index in [0.29, 0.717) is 42.1 Å². The molecule has 0 saturated carbocycles. The van der Waals surface area contributed by atoms with E-state index in [1.807, 2.05) is 6.07 Å². The van der Waals surface area contributed by atoms with Gasteiger partial charge < -0.3 is 24.3 Å². The van der Waals surface area contributed by atoms with Crippen LogP contribution in [-0.2, 0) is 9.47 Å². The van der Waals surface area contributed by atoms with Crippen LogP contribution in [0, 0.1) is 5.82 Å². The Labute approximate surface area is 185 Å². The van der Waals surface area contributed by atoms with E-state index in [1.54, 1.807) is 18.3 Å². The van der Waals surface area contributed by atoms with E-state index >= 15 is 0 Å². The monoisotopic (exact) mass is 436 g/mol. The highest BCUT2D eigenvalue weighted by atomic mass is 19.1. The van der Waals surface area contributed by atoms with Crippen molar-refractivity contribution in [3.05, 3.63) is 60.3 Å². The predicted octanol–water partition coefficient (Wildman–Crippen LogP) is 3.03. The molecule has 0 bridgehead atoms. The molecular formula is C23H25FN6O2. The van der Waals surface area contributed by atoms with Crippen molar-refractivity contribution in [2.45, 2.75) is 6.29 Å². The molecule has 2 aliphatic rings. The van der Waals surface area contributed by atoms with E-state index in [1.165, 1.54) is 12.1 Å². The number of ether oxygens (including phenoxy) is 2. The molecule has 0 aliphatic carbocycles. The number of rotatable bonds is 4. The third kappa shape index (κ3) is 4.27. The van der Waals surface area contributed by atoms with Gasteiger partial charge >= 0.3 is 0 Å². The first-order chi connectivity index (χ1) is 15.6. The molecule has 0 atom stereocenters. The molecule has 32 heavy (non-hydrogen) atoms. The number of hydrogen-bond acceptors (Lipinski definition) is 7. The van der Waals surface area contributed by atoms with E-state index in [-0.39, 0.29) is 5.82 Å². The van der Waals surface area contributed by atoms with E-state index < -0.39 is 6.29 Å². The first kappa shape index (κ1) is 20.7. The van der Waals surface area contributed by atoms with Gasteiger partial charge in [0.15, 0.2) is 5.82 Å². The first-order valence-corrected chi connectivity index (χ1v) is 10.6. The second-order valence-corrected chi connectivity index (χ2v) is 8.09. The van der Waals surface area contributed by atoms with Crippen molar-refractivity contribution in [1.29, 1.82) is 0 Å². The van der Waals surface area contributed by atoms with Crippen LogP contribution in [0.1, 0.15) is 12.1 Å². The predicted molar refractivity (Wildman–Crippen MR) is 119 cm³/mol. The number of piperazine rings is 1. The van der Waals surface area contributed by atoms with Crippen LogP contribution in [0.15, 0.2) is 48.7 Å². The van der Waals surface area contributed by atoms with Crippen LogP contribution in [0.5, 0.6) is 0 Å². The number of H-pyrrole nitrogens is 1. The number of aromatic amines is 1. The summed E-state index contributed by atoms with van der Waals surface area (Å²) >= 11 is 0. The number of halogens is 1. The van der Waals surface area contributed by atoms with Crippen LogP contribution in [0.4, 0.5) is 10.3 Å². The van der Waals surface area contributed by atoms with Gasteiger partial charge in [0, 0.05) is 37.9 Å². The van der Waals surface area contributed by atoms with Crippen LogP contribution in [-0.4, -0.2) is 71.3 Å². The van der Waals surface area contributed by atoms with Crippen molar-refractivity contribution in [2.75, 3.05) is 51.3 Å². The maximum absolute atomic E-state index is 13.5. The molecule has 0 radical (unpaired) electrons. The number of nitrogens with one attached hydrogen (secondary N) is 1. The lowest BCUT2D eigenvalue weighted by molar-refractivity contribution is -0.165. The van der Waals surface area contributed by atoms with Crippen LogP contribution in [0.2, 0.25) is 0 Å².